The predicted octanol–water partition coefficient (Wildman–Crippen LogP) is 3.30. The van der Waals surface area contributed by atoms with E-state index in [9.17, 15) is 5.11 Å². The summed E-state index contributed by atoms with van der Waals surface area (Å²) in [6.45, 7) is 10.9. The van der Waals surface area contributed by atoms with Crippen molar-refractivity contribution >= 4 is 16.7 Å². The fourth-order valence-electron chi connectivity index (χ4n) is 7.34. The largest absolute Gasteiger partial charge is 0.377 e. The van der Waals surface area contributed by atoms with Crippen LogP contribution in [0.2, 0.25) is 0 Å². The van der Waals surface area contributed by atoms with Gasteiger partial charge in [-0.1, -0.05) is 6.92 Å². The Labute approximate surface area is 226 Å². The quantitative estimate of drug-likeness (QED) is 0.441. The van der Waals surface area contributed by atoms with Crippen LogP contribution in [-0.4, -0.2) is 73.0 Å². The second-order valence-electron chi connectivity index (χ2n) is 12.4. The molecule has 0 saturated heterocycles. The smallest absolute Gasteiger partial charge is 0.159 e. The zero-order valence-electron chi connectivity index (χ0n) is 23.8. The van der Waals surface area contributed by atoms with Gasteiger partial charge in [0.2, 0.25) is 0 Å². The summed E-state index contributed by atoms with van der Waals surface area (Å²) in [6.07, 6.45) is 9.60. The summed E-state index contributed by atoms with van der Waals surface area (Å²) in [5.74, 6) is 0. The van der Waals surface area contributed by atoms with Crippen molar-refractivity contribution in [2.24, 2.45) is 12.5 Å². The van der Waals surface area contributed by atoms with Gasteiger partial charge < -0.3 is 14.9 Å². The fraction of sp³-hybridized carbons (Fsp3) is 0.690. The lowest BCUT2D eigenvalue weighted by molar-refractivity contribution is -0.0296. The summed E-state index contributed by atoms with van der Waals surface area (Å²) in [5.41, 5.74) is 7.64. The molecule has 2 N–H and O–H groups in total. The average molecular weight is 521 g/mol. The van der Waals surface area contributed by atoms with Crippen LogP contribution in [0.15, 0.2) is 12.3 Å². The molecule has 0 spiro atoms. The Balaban J connectivity index is 1.16. The molecule has 4 aliphatic rings. The van der Waals surface area contributed by atoms with Crippen LogP contribution in [0.5, 0.6) is 0 Å². The number of aromatic nitrogens is 5. The fourth-order valence-corrected chi connectivity index (χ4v) is 7.34. The van der Waals surface area contributed by atoms with Gasteiger partial charge in [-0.05, 0) is 77.4 Å². The Morgan fingerprint density at radius 3 is 2.61 bits per heavy atom. The molecule has 3 aromatic rings. The molecule has 1 atom stereocenters. The van der Waals surface area contributed by atoms with Gasteiger partial charge in [-0.25, -0.2) is 4.98 Å². The van der Waals surface area contributed by atoms with Crippen molar-refractivity contribution in [2.45, 2.75) is 90.6 Å². The van der Waals surface area contributed by atoms with Gasteiger partial charge in [0.05, 0.1) is 23.0 Å². The van der Waals surface area contributed by atoms with Gasteiger partial charge in [-0.3, -0.25) is 14.7 Å². The summed E-state index contributed by atoms with van der Waals surface area (Å²) in [7, 11) is 4.03. The van der Waals surface area contributed by atoms with E-state index in [1.165, 1.54) is 41.9 Å². The van der Waals surface area contributed by atoms with E-state index >= 15 is 0 Å². The van der Waals surface area contributed by atoms with Gasteiger partial charge >= 0.3 is 0 Å². The standard InChI is InChI=1S/C29H44N8O/c1-6-34(4)18-26(38)32-29-11-8-28(9-12-29,10-13-29)19-37-24-7-14-36(17-23(24)21(3)33-37)25-15-20(2)31-27-22(25)16-30-35(27)5/h15-16,26,32,38H,6-14,17-19H2,1-5H3. The van der Waals surface area contributed by atoms with E-state index in [4.69, 9.17) is 10.1 Å². The normalized spacial score (nSPS) is 25.9. The molecule has 9 heteroatoms. The highest BCUT2D eigenvalue weighted by Gasteiger charge is 2.49. The highest BCUT2D eigenvalue weighted by atomic mass is 16.3. The molecule has 4 heterocycles. The minimum atomic E-state index is -0.452. The number of hydrogen-bond acceptors (Lipinski definition) is 7. The summed E-state index contributed by atoms with van der Waals surface area (Å²) >= 11 is 0. The van der Waals surface area contributed by atoms with Crippen LogP contribution in [-0.2, 0) is 26.6 Å². The molecule has 0 amide bonds. The van der Waals surface area contributed by atoms with Gasteiger partial charge in [0, 0.05) is 62.1 Å². The number of rotatable bonds is 8. The van der Waals surface area contributed by atoms with Crippen molar-refractivity contribution in [3.8, 4) is 0 Å². The lowest BCUT2D eigenvalue weighted by Crippen LogP contribution is -2.60. The van der Waals surface area contributed by atoms with E-state index in [2.05, 4.69) is 58.8 Å². The number of anilines is 1. The summed E-state index contributed by atoms with van der Waals surface area (Å²) in [4.78, 5) is 9.37. The highest BCUT2D eigenvalue weighted by molar-refractivity contribution is 5.89. The van der Waals surface area contributed by atoms with Crippen molar-refractivity contribution in [3.05, 3.63) is 34.9 Å². The van der Waals surface area contributed by atoms with Crippen LogP contribution in [0.25, 0.3) is 11.0 Å². The Kier molecular flexibility index (Phi) is 6.52. The summed E-state index contributed by atoms with van der Waals surface area (Å²) in [6, 6.07) is 2.20. The van der Waals surface area contributed by atoms with Gasteiger partial charge in [0.1, 0.15) is 6.23 Å². The molecule has 3 fully saturated rings. The minimum absolute atomic E-state index is 0.107. The van der Waals surface area contributed by atoms with E-state index in [0.717, 1.165) is 68.6 Å². The number of pyridine rings is 1. The lowest BCUT2D eigenvalue weighted by atomic mass is 9.57. The highest BCUT2D eigenvalue weighted by Crippen LogP contribution is 2.53. The molecular weight excluding hydrogens is 476 g/mol. The first-order valence-electron chi connectivity index (χ1n) is 14.4. The Morgan fingerprint density at radius 1 is 1.16 bits per heavy atom. The third-order valence-corrected chi connectivity index (χ3v) is 9.87. The van der Waals surface area contributed by atoms with Crippen molar-refractivity contribution < 1.29 is 5.11 Å². The van der Waals surface area contributed by atoms with E-state index in [1.807, 2.05) is 17.9 Å². The summed E-state index contributed by atoms with van der Waals surface area (Å²) < 4.78 is 4.24. The second kappa shape index (κ2) is 9.61. The third-order valence-electron chi connectivity index (χ3n) is 9.87. The molecule has 0 radical (unpaired) electrons. The molecule has 3 saturated carbocycles. The maximum Gasteiger partial charge on any atom is 0.159 e. The number of aliphatic hydroxyl groups is 1. The molecule has 0 aromatic carbocycles. The molecule has 38 heavy (non-hydrogen) atoms. The van der Waals surface area contributed by atoms with Gasteiger partial charge in [-0.15, -0.1) is 0 Å². The Morgan fingerprint density at radius 2 is 1.89 bits per heavy atom. The van der Waals surface area contributed by atoms with Crippen LogP contribution < -0.4 is 10.2 Å². The molecular formula is C29H44N8O. The number of aliphatic hydroxyl groups excluding tert-OH is 1. The molecule has 2 bridgehead atoms. The first kappa shape index (κ1) is 25.8. The first-order chi connectivity index (χ1) is 18.2. The van der Waals surface area contributed by atoms with E-state index < -0.39 is 6.23 Å². The topological polar surface area (TPSA) is 87.3 Å². The van der Waals surface area contributed by atoms with Gasteiger partial charge in [0.25, 0.3) is 0 Å². The third kappa shape index (κ3) is 4.52. The number of likely N-dealkylation sites (N-methyl/N-ethyl adjacent to an activating group) is 1. The SMILES string of the molecule is CCN(C)CC(O)NC12CCC(Cn3nc(C)c4c3CCN(c3cc(C)nc5c3cnn5C)C4)(CC1)CC2. The predicted molar refractivity (Wildman–Crippen MR) is 150 cm³/mol. The van der Waals surface area contributed by atoms with Gasteiger partial charge in [-0.2, -0.15) is 10.2 Å². The molecule has 206 valence electrons. The zero-order chi connectivity index (χ0) is 26.7. The molecule has 3 aromatic heterocycles. The number of hydrogen-bond donors (Lipinski definition) is 2. The van der Waals surface area contributed by atoms with E-state index in [-0.39, 0.29) is 5.54 Å². The van der Waals surface area contributed by atoms with E-state index in [1.54, 1.807) is 0 Å². The number of fused-ring (bicyclic) bond motifs is 5. The van der Waals surface area contributed by atoms with Crippen LogP contribution in [0, 0.1) is 19.3 Å². The monoisotopic (exact) mass is 520 g/mol. The molecule has 1 unspecified atom stereocenters. The lowest BCUT2D eigenvalue weighted by Gasteiger charge is -2.54. The van der Waals surface area contributed by atoms with Crippen LogP contribution in [0.4, 0.5) is 5.69 Å². The first-order valence-corrected chi connectivity index (χ1v) is 14.4. The summed E-state index contributed by atoms with van der Waals surface area (Å²) in [5, 5.41) is 25.0. The maximum absolute atomic E-state index is 10.7. The second-order valence-corrected chi connectivity index (χ2v) is 12.4. The van der Waals surface area contributed by atoms with Crippen LogP contribution >= 0.6 is 0 Å². The van der Waals surface area contributed by atoms with Crippen LogP contribution in [0.1, 0.15) is 68.1 Å². The zero-order valence-corrected chi connectivity index (χ0v) is 23.8. The van der Waals surface area contributed by atoms with Crippen molar-refractivity contribution in [3.63, 3.8) is 0 Å². The van der Waals surface area contributed by atoms with Crippen molar-refractivity contribution in [1.82, 2.24) is 34.8 Å². The maximum atomic E-state index is 10.7. The van der Waals surface area contributed by atoms with Crippen LogP contribution in [0.3, 0.4) is 0 Å². The minimum Gasteiger partial charge on any atom is -0.377 e. The number of nitrogens with one attached hydrogen (secondary N) is 1. The Bertz CT molecular complexity index is 1300. The molecule has 7 rings (SSSR count). The average Bonchev–Trinajstić information content (AvgIpc) is 3.43. The molecule has 3 aliphatic carbocycles. The van der Waals surface area contributed by atoms with Crippen molar-refractivity contribution in [2.75, 3.05) is 31.6 Å². The Hall–Kier alpha value is -2.49. The van der Waals surface area contributed by atoms with Crippen molar-refractivity contribution in [1.29, 1.82) is 0 Å². The van der Waals surface area contributed by atoms with E-state index in [0.29, 0.717) is 12.0 Å². The molecule has 9 nitrogen and oxygen atoms in total. The number of nitrogens with zero attached hydrogens (tertiary/aromatic N) is 7. The molecule has 1 aliphatic heterocycles. The number of aryl methyl sites for hydroxylation is 3. The van der Waals surface area contributed by atoms with Gasteiger partial charge in [0.15, 0.2) is 5.65 Å².